The van der Waals surface area contributed by atoms with Crippen LogP contribution in [0.4, 0.5) is 0 Å². The molecule has 1 atom stereocenters. The highest BCUT2D eigenvalue weighted by atomic mass is 31.0. The number of hydrogen-bond acceptors (Lipinski definition) is 0. The van der Waals surface area contributed by atoms with Gasteiger partial charge in [-0.1, -0.05) is 76.4 Å². The van der Waals surface area contributed by atoms with E-state index in [0.717, 1.165) is 23.9 Å². The molecule has 0 aromatic rings. The minimum absolute atomic E-state index is 1.01. The Morgan fingerprint density at radius 2 is 1.28 bits per heavy atom. The van der Waals surface area contributed by atoms with Crippen LogP contribution in [0.3, 0.4) is 0 Å². The highest BCUT2D eigenvalue weighted by Gasteiger charge is 2.30. The molecule has 1 heteroatoms. The molecular formula is C17H31P. The van der Waals surface area contributed by atoms with Crippen molar-refractivity contribution in [3.63, 3.8) is 0 Å². The van der Waals surface area contributed by atoms with E-state index in [9.17, 15) is 0 Å². The summed E-state index contributed by atoms with van der Waals surface area (Å²) in [5.74, 6) is 3.12. The molecule has 0 heterocycles. The molecule has 0 bridgehead atoms. The topological polar surface area (TPSA) is 0 Å². The predicted molar refractivity (Wildman–Crippen MR) is 85.0 cm³/mol. The molecule has 2 fully saturated rings. The number of allylic oxidation sites excluding steroid dienone is 2. The molecule has 0 amide bonds. The maximum atomic E-state index is 2.81. The third-order valence-electron chi connectivity index (χ3n) is 5.22. The number of hydrogen-bond donors (Lipinski definition) is 0. The standard InChI is InChI=1S/C17H31P/c18-14-8-7-13-17(15-9-3-1-4-10-15)16-11-5-2-6-12-16/h7-8,15-17H,1-6,9-14,18H2. The molecule has 0 aromatic carbocycles. The van der Waals surface area contributed by atoms with Crippen molar-refractivity contribution in [1.29, 1.82) is 0 Å². The van der Waals surface area contributed by atoms with Gasteiger partial charge in [-0.3, -0.25) is 0 Å². The van der Waals surface area contributed by atoms with Crippen LogP contribution < -0.4 is 0 Å². The lowest BCUT2D eigenvalue weighted by atomic mass is 9.68. The first kappa shape index (κ1) is 14.6. The summed E-state index contributed by atoms with van der Waals surface area (Å²) in [6.45, 7) is 0. The van der Waals surface area contributed by atoms with Gasteiger partial charge in [0, 0.05) is 0 Å². The van der Waals surface area contributed by atoms with E-state index in [1.807, 2.05) is 0 Å². The van der Waals surface area contributed by atoms with Gasteiger partial charge in [0.1, 0.15) is 0 Å². The van der Waals surface area contributed by atoms with Crippen molar-refractivity contribution in [3.8, 4) is 0 Å². The van der Waals surface area contributed by atoms with Gasteiger partial charge in [0.05, 0.1) is 0 Å². The van der Waals surface area contributed by atoms with Crippen LogP contribution in [-0.4, -0.2) is 6.16 Å². The van der Waals surface area contributed by atoms with Crippen LogP contribution in [0.1, 0.15) is 70.6 Å². The van der Waals surface area contributed by atoms with Crippen LogP contribution in [0, 0.1) is 17.8 Å². The summed E-state index contributed by atoms with van der Waals surface area (Å²) in [4.78, 5) is 0. The zero-order valence-electron chi connectivity index (χ0n) is 11.9. The second kappa shape index (κ2) is 8.36. The molecule has 0 aliphatic heterocycles. The second-order valence-electron chi connectivity index (χ2n) is 6.40. The monoisotopic (exact) mass is 266 g/mol. The summed E-state index contributed by atoms with van der Waals surface area (Å²) in [7, 11) is 2.81. The third kappa shape index (κ3) is 4.37. The van der Waals surface area contributed by atoms with Crippen molar-refractivity contribution in [3.05, 3.63) is 12.2 Å². The van der Waals surface area contributed by atoms with E-state index in [2.05, 4.69) is 21.4 Å². The Hall–Kier alpha value is 0.170. The third-order valence-corrected chi connectivity index (χ3v) is 5.49. The summed E-state index contributed by atoms with van der Waals surface area (Å²) >= 11 is 0. The highest BCUT2D eigenvalue weighted by Crippen LogP contribution is 2.41. The fourth-order valence-corrected chi connectivity index (χ4v) is 4.44. The smallest absolute Gasteiger partial charge is 0.0200 e. The molecule has 0 N–H and O–H groups in total. The van der Waals surface area contributed by atoms with Crippen molar-refractivity contribution in [2.75, 3.05) is 6.16 Å². The van der Waals surface area contributed by atoms with Gasteiger partial charge in [-0.2, -0.15) is 0 Å². The van der Waals surface area contributed by atoms with Crippen molar-refractivity contribution in [2.45, 2.75) is 70.6 Å². The van der Waals surface area contributed by atoms with Gasteiger partial charge in [-0.25, -0.2) is 0 Å². The van der Waals surface area contributed by atoms with Crippen molar-refractivity contribution in [1.82, 2.24) is 0 Å². The van der Waals surface area contributed by atoms with Crippen LogP contribution in [0.15, 0.2) is 12.2 Å². The summed E-state index contributed by atoms with van der Waals surface area (Å²) in [6.07, 6.45) is 22.4. The molecule has 2 aliphatic carbocycles. The average molecular weight is 266 g/mol. The van der Waals surface area contributed by atoms with Gasteiger partial charge in [0.15, 0.2) is 0 Å². The first-order valence-electron chi connectivity index (χ1n) is 8.27. The van der Waals surface area contributed by atoms with Crippen LogP contribution >= 0.6 is 9.24 Å². The van der Waals surface area contributed by atoms with Crippen LogP contribution in [0.25, 0.3) is 0 Å². The summed E-state index contributed by atoms with van der Waals surface area (Å²) in [6, 6.07) is 0. The molecule has 0 aromatic heterocycles. The van der Waals surface area contributed by atoms with E-state index >= 15 is 0 Å². The van der Waals surface area contributed by atoms with Gasteiger partial charge < -0.3 is 0 Å². The lowest BCUT2D eigenvalue weighted by Gasteiger charge is -2.37. The molecule has 1 unspecified atom stereocenters. The maximum Gasteiger partial charge on any atom is -0.0200 e. The van der Waals surface area contributed by atoms with E-state index in [-0.39, 0.29) is 0 Å². The van der Waals surface area contributed by atoms with E-state index in [1.165, 1.54) is 70.6 Å². The molecule has 0 spiro atoms. The van der Waals surface area contributed by atoms with Gasteiger partial charge in [0.25, 0.3) is 0 Å². The Labute approximate surface area is 116 Å². The van der Waals surface area contributed by atoms with E-state index in [0.29, 0.717) is 0 Å². The SMILES string of the molecule is PCC=CCC(C1CCCCC1)C1CCCCC1. The lowest BCUT2D eigenvalue weighted by Crippen LogP contribution is -2.26. The van der Waals surface area contributed by atoms with E-state index < -0.39 is 0 Å². The zero-order chi connectivity index (χ0) is 12.6. The fraction of sp³-hybridized carbons (Fsp3) is 0.882. The van der Waals surface area contributed by atoms with Crippen LogP contribution in [0.2, 0.25) is 0 Å². The second-order valence-corrected chi connectivity index (χ2v) is 6.87. The first-order chi connectivity index (χ1) is 8.92. The van der Waals surface area contributed by atoms with Crippen molar-refractivity contribution < 1.29 is 0 Å². The average Bonchev–Trinajstić information content (AvgIpc) is 2.46. The van der Waals surface area contributed by atoms with Crippen molar-refractivity contribution in [2.24, 2.45) is 17.8 Å². The molecule has 2 saturated carbocycles. The largest absolute Gasteiger partial charge is 0.134 e. The Bertz CT molecular complexity index is 216. The minimum atomic E-state index is 1.01. The van der Waals surface area contributed by atoms with Crippen LogP contribution in [0.5, 0.6) is 0 Å². The van der Waals surface area contributed by atoms with Gasteiger partial charge in [0.2, 0.25) is 0 Å². The van der Waals surface area contributed by atoms with Crippen molar-refractivity contribution >= 4 is 9.24 Å². The summed E-state index contributed by atoms with van der Waals surface area (Å²) < 4.78 is 0. The molecule has 0 nitrogen and oxygen atoms in total. The Morgan fingerprint density at radius 1 is 0.778 bits per heavy atom. The molecule has 0 saturated heterocycles. The zero-order valence-corrected chi connectivity index (χ0v) is 13.1. The minimum Gasteiger partial charge on any atom is -0.134 e. The van der Waals surface area contributed by atoms with E-state index in [4.69, 9.17) is 0 Å². The Balaban J connectivity index is 1.93. The van der Waals surface area contributed by atoms with Gasteiger partial charge in [-0.05, 0) is 30.3 Å². The quantitative estimate of drug-likeness (QED) is 0.450. The normalized spacial score (nSPS) is 24.1. The molecule has 0 radical (unpaired) electrons. The number of rotatable bonds is 5. The van der Waals surface area contributed by atoms with Crippen LogP contribution in [-0.2, 0) is 0 Å². The molecular weight excluding hydrogens is 235 g/mol. The molecule has 104 valence electrons. The molecule has 18 heavy (non-hydrogen) atoms. The fourth-order valence-electron chi connectivity index (χ4n) is 4.24. The Morgan fingerprint density at radius 3 is 1.72 bits per heavy atom. The van der Waals surface area contributed by atoms with E-state index in [1.54, 1.807) is 0 Å². The van der Waals surface area contributed by atoms with Gasteiger partial charge >= 0.3 is 0 Å². The maximum absolute atomic E-state index is 2.81. The highest BCUT2D eigenvalue weighted by molar-refractivity contribution is 7.16. The summed E-state index contributed by atoms with van der Waals surface area (Å²) in [5, 5.41) is 0. The molecule has 2 rings (SSSR count). The first-order valence-corrected chi connectivity index (χ1v) is 9.08. The van der Waals surface area contributed by atoms with Gasteiger partial charge in [-0.15, -0.1) is 9.24 Å². The summed E-state index contributed by atoms with van der Waals surface area (Å²) in [5.41, 5.74) is 0. The predicted octanol–water partition coefficient (Wildman–Crippen LogP) is 5.58. The lowest BCUT2D eigenvalue weighted by molar-refractivity contribution is 0.145. The molecule has 2 aliphatic rings. The Kier molecular flexibility index (Phi) is 6.77.